The van der Waals surface area contributed by atoms with Gasteiger partial charge >= 0.3 is 0 Å². The Labute approximate surface area is 126 Å². The van der Waals surface area contributed by atoms with Gasteiger partial charge in [0, 0.05) is 10.6 Å². The maximum absolute atomic E-state index is 14.0. The first-order chi connectivity index (χ1) is 10.0. The van der Waals surface area contributed by atoms with E-state index in [4.69, 9.17) is 11.6 Å². The van der Waals surface area contributed by atoms with Crippen molar-refractivity contribution in [2.75, 3.05) is 6.54 Å². The third-order valence-corrected chi connectivity index (χ3v) is 3.47. The van der Waals surface area contributed by atoms with Crippen LogP contribution in [0.1, 0.15) is 30.5 Å². The van der Waals surface area contributed by atoms with Crippen LogP contribution < -0.4 is 5.32 Å². The summed E-state index contributed by atoms with van der Waals surface area (Å²) in [5.74, 6) is -1.55. The average molecular weight is 314 g/mol. The van der Waals surface area contributed by atoms with Crippen LogP contribution in [0.2, 0.25) is 5.02 Å². The number of hydrogen-bond donors (Lipinski definition) is 1. The minimum atomic E-state index is -0.631. The Morgan fingerprint density at radius 2 is 1.67 bits per heavy atom. The molecule has 0 spiro atoms. The highest BCUT2D eigenvalue weighted by atomic mass is 35.5. The van der Waals surface area contributed by atoms with Crippen molar-refractivity contribution in [2.24, 2.45) is 0 Å². The zero-order valence-electron chi connectivity index (χ0n) is 11.5. The van der Waals surface area contributed by atoms with E-state index in [0.717, 1.165) is 30.7 Å². The molecule has 1 nitrogen and oxygen atoms in total. The molecular formula is C16H15ClF3N. The topological polar surface area (TPSA) is 12.0 Å². The molecule has 0 aromatic heterocycles. The molecule has 0 saturated carbocycles. The summed E-state index contributed by atoms with van der Waals surface area (Å²) in [6, 6.07) is 6.52. The van der Waals surface area contributed by atoms with Crippen molar-refractivity contribution in [3.05, 3.63) is 70.0 Å². The van der Waals surface area contributed by atoms with Gasteiger partial charge < -0.3 is 5.32 Å². The van der Waals surface area contributed by atoms with Gasteiger partial charge in [-0.2, -0.15) is 0 Å². The van der Waals surface area contributed by atoms with Crippen molar-refractivity contribution in [3.8, 4) is 0 Å². The lowest BCUT2D eigenvalue weighted by molar-refractivity contribution is 0.534. The molecule has 0 saturated heterocycles. The molecule has 0 fully saturated rings. The molecule has 0 radical (unpaired) electrons. The second kappa shape index (κ2) is 6.96. The first kappa shape index (κ1) is 15.9. The second-order valence-corrected chi connectivity index (χ2v) is 5.13. The summed E-state index contributed by atoms with van der Waals surface area (Å²) in [5.41, 5.74) is 0.660. The van der Waals surface area contributed by atoms with E-state index < -0.39 is 23.5 Å². The highest BCUT2D eigenvalue weighted by molar-refractivity contribution is 6.31. The maximum Gasteiger partial charge on any atom is 0.128 e. The van der Waals surface area contributed by atoms with Gasteiger partial charge in [-0.3, -0.25) is 0 Å². The van der Waals surface area contributed by atoms with Crippen molar-refractivity contribution < 1.29 is 13.2 Å². The minimum absolute atomic E-state index is 0.150. The standard InChI is InChI=1S/C16H15ClF3N/c1-2-7-21-16(12-5-3-11(19)9-14(12)17)13-8-10(18)4-6-15(13)20/h3-6,8-9,16,21H,2,7H2,1H3. The minimum Gasteiger partial charge on any atom is -0.306 e. The summed E-state index contributed by atoms with van der Waals surface area (Å²) in [4.78, 5) is 0. The number of hydrogen-bond acceptors (Lipinski definition) is 1. The predicted octanol–water partition coefficient (Wildman–Crippen LogP) is 4.85. The molecule has 0 aliphatic heterocycles. The van der Waals surface area contributed by atoms with E-state index in [1.807, 2.05) is 6.92 Å². The van der Waals surface area contributed by atoms with Gasteiger partial charge in [-0.25, -0.2) is 13.2 Å². The van der Waals surface area contributed by atoms with E-state index >= 15 is 0 Å². The van der Waals surface area contributed by atoms with Crippen LogP contribution in [-0.4, -0.2) is 6.54 Å². The van der Waals surface area contributed by atoms with Crippen molar-refractivity contribution in [2.45, 2.75) is 19.4 Å². The Morgan fingerprint density at radius 3 is 2.33 bits per heavy atom. The fourth-order valence-corrected chi connectivity index (χ4v) is 2.42. The Hall–Kier alpha value is -1.52. The average Bonchev–Trinajstić information content (AvgIpc) is 2.44. The van der Waals surface area contributed by atoms with Crippen LogP contribution in [0, 0.1) is 17.5 Å². The zero-order chi connectivity index (χ0) is 15.4. The van der Waals surface area contributed by atoms with E-state index in [2.05, 4.69) is 5.32 Å². The third kappa shape index (κ3) is 3.77. The van der Waals surface area contributed by atoms with Crippen LogP contribution in [0.4, 0.5) is 13.2 Å². The maximum atomic E-state index is 14.0. The van der Waals surface area contributed by atoms with Crippen LogP contribution in [0.15, 0.2) is 36.4 Å². The summed E-state index contributed by atoms with van der Waals surface area (Å²) in [6.45, 7) is 2.55. The molecule has 1 unspecified atom stereocenters. The molecule has 21 heavy (non-hydrogen) atoms. The number of benzene rings is 2. The summed E-state index contributed by atoms with van der Waals surface area (Å²) in [5, 5.41) is 3.29. The molecule has 2 aromatic rings. The van der Waals surface area contributed by atoms with Gasteiger partial charge in [0.05, 0.1) is 6.04 Å². The third-order valence-electron chi connectivity index (χ3n) is 3.14. The van der Waals surface area contributed by atoms with E-state index in [-0.39, 0.29) is 10.6 Å². The van der Waals surface area contributed by atoms with E-state index in [0.29, 0.717) is 12.1 Å². The second-order valence-electron chi connectivity index (χ2n) is 4.72. The molecule has 5 heteroatoms. The van der Waals surface area contributed by atoms with Crippen LogP contribution >= 0.6 is 11.6 Å². The van der Waals surface area contributed by atoms with Crippen LogP contribution in [0.5, 0.6) is 0 Å². The van der Waals surface area contributed by atoms with Gasteiger partial charge in [0.15, 0.2) is 0 Å². The van der Waals surface area contributed by atoms with Crippen LogP contribution in [-0.2, 0) is 0 Å². The van der Waals surface area contributed by atoms with Crippen molar-refractivity contribution in [1.82, 2.24) is 5.32 Å². The summed E-state index contributed by atoms with van der Waals surface area (Å²) in [7, 11) is 0. The molecule has 2 aromatic carbocycles. The first-order valence-corrected chi connectivity index (χ1v) is 7.04. The number of rotatable bonds is 5. The molecule has 0 aliphatic carbocycles. The van der Waals surface area contributed by atoms with Crippen molar-refractivity contribution in [1.29, 1.82) is 0 Å². The van der Waals surface area contributed by atoms with Gasteiger partial charge in [0.2, 0.25) is 0 Å². The van der Waals surface area contributed by atoms with Gasteiger partial charge in [-0.15, -0.1) is 0 Å². The quantitative estimate of drug-likeness (QED) is 0.832. The molecular weight excluding hydrogens is 299 g/mol. The van der Waals surface area contributed by atoms with Gasteiger partial charge in [0.25, 0.3) is 0 Å². The normalized spacial score (nSPS) is 12.4. The van der Waals surface area contributed by atoms with Crippen LogP contribution in [0.3, 0.4) is 0 Å². The lowest BCUT2D eigenvalue weighted by Gasteiger charge is -2.21. The van der Waals surface area contributed by atoms with E-state index in [1.165, 1.54) is 12.1 Å². The SMILES string of the molecule is CCCNC(c1cc(F)ccc1F)c1ccc(F)cc1Cl. The lowest BCUT2D eigenvalue weighted by Crippen LogP contribution is -2.24. The van der Waals surface area contributed by atoms with E-state index in [9.17, 15) is 13.2 Å². The predicted molar refractivity (Wildman–Crippen MR) is 77.9 cm³/mol. The lowest BCUT2D eigenvalue weighted by atomic mass is 9.97. The highest BCUT2D eigenvalue weighted by Crippen LogP contribution is 2.30. The molecule has 1 N–H and O–H groups in total. The van der Waals surface area contributed by atoms with Crippen LogP contribution in [0.25, 0.3) is 0 Å². The molecule has 112 valence electrons. The van der Waals surface area contributed by atoms with Gasteiger partial charge in [-0.05, 0) is 48.9 Å². The van der Waals surface area contributed by atoms with Gasteiger partial charge in [-0.1, -0.05) is 24.6 Å². The van der Waals surface area contributed by atoms with Crippen molar-refractivity contribution >= 4 is 11.6 Å². The molecule has 0 heterocycles. The Morgan fingerprint density at radius 1 is 1.00 bits per heavy atom. The van der Waals surface area contributed by atoms with Crippen molar-refractivity contribution in [3.63, 3.8) is 0 Å². The Kier molecular flexibility index (Phi) is 5.26. The Bertz CT molecular complexity index is 631. The molecule has 0 amide bonds. The first-order valence-electron chi connectivity index (χ1n) is 6.66. The monoisotopic (exact) mass is 313 g/mol. The smallest absolute Gasteiger partial charge is 0.128 e. The fraction of sp³-hybridized carbons (Fsp3) is 0.250. The summed E-state index contributed by atoms with van der Waals surface area (Å²) >= 11 is 6.05. The number of nitrogens with one attached hydrogen (secondary N) is 1. The molecule has 0 aliphatic rings. The fourth-order valence-electron chi connectivity index (χ4n) is 2.15. The Balaban J connectivity index is 2.49. The highest BCUT2D eigenvalue weighted by Gasteiger charge is 2.20. The molecule has 1 atom stereocenters. The number of halogens is 4. The zero-order valence-corrected chi connectivity index (χ0v) is 12.2. The molecule has 0 bridgehead atoms. The summed E-state index contributed by atoms with van der Waals surface area (Å²) in [6.07, 6.45) is 0.812. The molecule has 2 rings (SSSR count). The van der Waals surface area contributed by atoms with Gasteiger partial charge in [0.1, 0.15) is 17.5 Å². The van der Waals surface area contributed by atoms with E-state index in [1.54, 1.807) is 0 Å². The largest absolute Gasteiger partial charge is 0.306 e. The summed E-state index contributed by atoms with van der Waals surface area (Å²) < 4.78 is 40.6.